The van der Waals surface area contributed by atoms with Crippen molar-refractivity contribution in [1.82, 2.24) is 4.90 Å². The third-order valence-electron chi connectivity index (χ3n) is 3.93. The van der Waals surface area contributed by atoms with Crippen LogP contribution in [-0.2, 0) is 4.79 Å². The predicted molar refractivity (Wildman–Crippen MR) is 90.3 cm³/mol. The third-order valence-corrected chi connectivity index (χ3v) is 3.93. The van der Waals surface area contributed by atoms with Crippen molar-refractivity contribution in [3.05, 3.63) is 42.0 Å². The van der Waals surface area contributed by atoms with Crippen LogP contribution in [0.3, 0.4) is 0 Å². The lowest BCUT2D eigenvalue weighted by atomic mass is 9.85. The zero-order valence-electron chi connectivity index (χ0n) is 12.6. The van der Waals surface area contributed by atoms with Gasteiger partial charge in [0.2, 0.25) is 5.91 Å². The van der Waals surface area contributed by atoms with Gasteiger partial charge in [0.25, 0.3) is 0 Å². The molecule has 21 heavy (non-hydrogen) atoms. The lowest BCUT2D eigenvalue weighted by molar-refractivity contribution is -0.134. The van der Waals surface area contributed by atoms with Gasteiger partial charge in [-0.05, 0) is 24.8 Å². The van der Waals surface area contributed by atoms with Gasteiger partial charge < -0.3 is 10.6 Å². The molecule has 1 fully saturated rings. The predicted octanol–water partition coefficient (Wildman–Crippen LogP) is 3.10. The summed E-state index contributed by atoms with van der Waals surface area (Å²) in [6.45, 7) is 0.652. The first kappa shape index (κ1) is 17.7. The Balaban J connectivity index is 0.00000220. The maximum Gasteiger partial charge on any atom is 0.225 e. The van der Waals surface area contributed by atoms with E-state index >= 15 is 0 Å². The topological polar surface area (TPSA) is 46.3 Å². The average molecular weight is 309 g/mol. The lowest BCUT2D eigenvalue weighted by Gasteiger charge is -2.28. The standard InChI is InChI=1S/C17H24N2O.ClH/c1-19(12-6-9-14-7-3-2-4-8-14)17(20)15-10-5-11-16(18)13-15;/h2-4,6-9,15-16H,5,10-13,18H2,1H3;1H/t15-,16+;/m1./s1. The Morgan fingerprint density at radius 3 is 2.71 bits per heavy atom. The Bertz CT molecular complexity index is 461. The van der Waals surface area contributed by atoms with Crippen LogP contribution in [-0.4, -0.2) is 30.4 Å². The number of hydrogen-bond acceptors (Lipinski definition) is 2. The summed E-state index contributed by atoms with van der Waals surface area (Å²) in [4.78, 5) is 14.1. The molecule has 1 aromatic rings. The Morgan fingerprint density at radius 1 is 1.33 bits per heavy atom. The molecule has 0 bridgehead atoms. The molecule has 0 heterocycles. The largest absolute Gasteiger partial charge is 0.342 e. The van der Waals surface area contributed by atoms with Crippen LogP contribution >= 0.6 is 12.4 Å². The quantitative estimate of drug-likeness (QED) is 0.929. The molecule has 3 nitrogen and oxygen atoms in total. The minimum absolute atomic E-state index is 0. The highest BCUT2D eigenvalue weighted by Gasteiger charge is 2.26. The van der Waals surface area contributed by atoms with Crippen LogP contribution in [0.25, 0.3) is 6.08 Å². The molecule has 0 saturated heterocycles. The van der Waals surface area contributed by atoms with Crippen molar-refractivity contribution >= 4 is 24.4 Å². The zero-order chi connectivity index (χ0) is 14.4. The van der Waals surface area contributed by atoms with E-state index in [1.807, 2.05) is 36.2 Å². The number of carbonyl (C=O) groups excluding carboxylic acids is 1. The van der Waals surface area contributed by atoms with Gasteiger partial charge in [-0.2, -0.15) is 0 Å². The second kappa shape index (κ2) is 8.85. The summed E-state index contributed by atoms with van der Waals surface area (Å²) in [5.74, 6) is 0.353. The molecule has 0 radical (unpaired) electrons. The Kier molecular flexibility index (Phi) is 7.48. The third kappa shape index (κ3) is 5.52. The van der Waals surface area contributed by atoms with E-state index in [0.29, 0.717) is 6.54 Å². The molecule has 116 valence electrons. The molecule has 4 heteroatoms. The van der Waals surface area contributed by atoms with Crippen molar-refractivity contribution in [2.75, 3.05) is 13.6 Å². The summed E-state index contributed by atoms with van der Waals surface area (Å²) < 4.78 is 0. The summed E-state index contributed by atoms with van der Waals surface area (Å²) in [5, 5.41) is 0. The molecule has 2 rings (SSSR count). The fourth-order valence-corrected chi connectivity index (χ4v) is 2.76. The van der Waals surface area contributed by atoms with Crippen molar-refractivity contribution in [3.8, 4) is 0 Å². The number of carbonyl (C=O) groups is 1. The molecule has 1 saturated carbocycles. The lowest BCUT2D eigenvalue weighted by Crippen LogP contribution is -2.38. The van der Waals surface area contributed by atoms with Crippen LogP contribution in [0.5, 0.6) is 0 Å². The van der Waals surface area contributed by atoms with Crippen molar-refractivity contribution < 1.29 is 4.79 Å². The van der Waals surface area contributed by atoms with Crippen molar-refractivity contribution in [2.24, 2.45) is 11.7 Å². The summed E-state index contributed by atoms with van der Waals surface area (Å²) in [5.41, 5.74) is 7.11. The molecule has 2 N–H and O–H groups in total. The summed E-state index contributed by atoms with van der Waals surface area (Å²) in [6, 6.07) is 10.3. The van der Waals surface area contributed by atoms with Gasteiger partial charge in [0.1, 0.15) is 0 Å². The first-order valence-corrected chi connectivity index (χ1v) is 7.39. The Hall–Kier alpha value is -1.32. The molecule has 2 atom stereocenters. The molecule has 1 aliphatic rings. The van der Waals surface area contributed by atoms with Gasteiger partial charge in [0.15, 0.2) is 0 Å². The minimum Gasteiger partial charge on any atom is -0.342 e. The van der Waals surface area contributed by atoms with Crippen LogP contribution in [0, 0.1) is 5.92 Å². The second-order valence-electron chi connectivity index (χ2n) is 5.66. The highest BCUT2D eigenvalue weighted by Crippen LogP contribution is 2.24. The molecular weight excluding hydrogens is 284 g/mol. The van der Waals surface area contributed by atoms with Crippen LogP contribution in [0.2, 0.25) is 0 Å². The number of hydrogen-bond donors (Lipinski definition) is 1. The van der Waals surface area contributed by atoms with Gasteiger partial charge >= 0.3 is 0 Å². The monoisotopic (exact) mass is 308 g/mol. The summed E-state index contributed by atoms with van der Waals surface area (Å²) in [6.07, 6.45) is 8.05. The van der Waals surface area contributed by atoms with Crippen LogP contribution in [0.15, 0.2) is 36.4 Å². The van der Waals surface area contributed by atoms with Crippen LogP contribution in [0.4, 0.5) is 0 Å². The molecule has 0 unspecified atom stereocenters. The summed E-state index contributed by atoms with van der Waals surface area (Å²) in [7, 11) is 1.87. The highest BCUT2D eigenvalue weighted by molar-refractivity contribution is 5.85. The van der Waals surface area contributed by atoms with Gasteiger partial charge in [-0.15, -0.1) is 12.4 Å². The van der Waals surface area contributed by atoms with E-state index in [-0.39, 0.29) is 30.3 Å². The number of likely N-dealkylation sites (N-methyl/N-ethyl adjacent to an activating group) is 1. The Morgan fingerprint density at radius 2 is 2.05 bits per heavy atom. The number of benzene rings is 1. The normalized spacial score (nSPS) is 21.8. The number of nitrogens with two attached hydrogens (primary N) is 1. The number of rotatable bonds is 4. The first-order valence-electron chi connectivity index (χ1n) is 7.39. The van der Waals surface area contributed by atoms with Gasteiger partial charge in [0, 0.05) is 25.6 Å². The van der Waals surface area contributed by atoms with Crippen LogP contribution < -0.4 is 5.73 Å². The minimum atomic E-state index is 0. The average Bonchev–Trinajstić information content (AvgIpc) is 2.47. The van der Waals surface area contributed by atoms with Gasteiger partial charge in [-0.1, -0.05) is 48.9 Å². The first-order chi connectivity index (χ1) is 9.66. The highest BCUT2D eigenvalue weighted by atomic mass is 35.5. The second-order valence-corrected chi connectivity index (χ2v) is 5.66. The van der Waals surface area contributed by atoms with Gasteiger partial charge in [-0.25, -0.2) is 0 Å². The number of halogens is 1. The smallest absolute Gasteiger partial charge is 0.225 e. The fourth-order valence-electron chi connectivity index (χ4n) is 2.76. The molecule has 0 spiro atoms. The van der Waals surface area contributed by atoms with Gasteiger partial charge in [0.05, 0.1) is 0 Å². The van der Waals surface area contributed by atoms with Crippen molar-refractivity contribution in [3.63, 3.8) is 0 Å². The maximum atomic E-state index is 12.3. The van der Waals surface area contributed by atoms with Crippen LogP contribution in [0.1, 0.15) is 31.2 Å². The fraction of sp³-hybridized carbons (Fsp3) is 0.471. The van der Waals surface area contributed by atoms with E-state index in [1.165, 1.54) is 0 Å². The van der Waals surface area contributed by atoms with E-state index < -0.39 is 0 Å². The van der Waals surface area contributed by atoms with E-state index in [4.69, 9.17) is 5.73 Å². The van der Waals surface area contributed by atoms with Gasteiger partial charge in [-0.3, -0.25) is 4.79 Å². The van der Waals surface area contributed by atoms with E-state index in [9.17, 15) is 4.79 Å². The molecule has 0 aliphatic heterocycles. The zero-order valence-corrected chi connectivity index (χ0v) is 13.4. The van der Waals surface area contributed by atoms with E-state index in [1.54, 1.807) is 0 Å². The number of amides is 1. The number of nitrogens with zero attached hydrogens (tertiary/aromatic N) is 1. The SMILES string of the molecule is CN(CC=Cc1ccccc1)C(=O)[C@@H]1CCC[C@H](N)C1.Cl. The molecule has 0 aromatic heterocycles. The van der Waals surface area contributed by atoms with Crippen molar-refractivity contribution in [2.45, 2.75) is 31.7 Å². The molecule has 1 aromatic carbocycles. The van der Waals surface area contributed by atoms with E-state index in [2.05, 4.69) is 18.2 Å². The van der Waals surface area contributed by atoms with Crippen molar-refractivity contribution in [1.29, 1.82) is 0 Å². The summed E-state index contributed by atoms with van der Waals surface area (Å²) >= 11 is 0. The Labute approximate surface area is 133 Å². The molecular formula is C17H25ClN2O. The molecule has 1 aliphatic carbocycles. The maximum absolute atomic E-state index is 12.3. The molecule has 1 amide bonds. The van der Waals surface area contributed by atoms with E-state index in [0.717, 1.165) is 31.2 Å².